The molecule has 0 bridgehead atoms. The number of hydrogen-bond donors (Lipinski definition) is 1. The van der Waals surface area contributed by atoms with Gasteiger partial charge in [-0.2, -0.15) is 0 Å². The largest absolute Gasteiger partial charge is 0.467 e. The molecular formula is C17H21NO. The van der Waals surface area contributed by atoms with Gasteiger partial charge in [-0.3, -0.25) is 0 Å². The molecule has 1 aromatic carbocycles. The van der Waals surface area contributed by atoms with E-state index < -0.39 is 0 Å². The first-order valence-electron chi connectivity index (χ1n) is 7.19. The van der Waals surface area contributed by atoms with Crippen molar-refractivity contribution in [3.05, 3.63) is 60.1 Å². The zero-order valence-electron chi connectivity index (χ0n) is 11.4. The minimum atomic E-state index is 0.159. The van der Waals surface area contributed by atoms with Crippen LogP contribution in [0.4, 0.5) is 0 Å². The third-order valence-electron chi connectivity index (χ3n) is 4.25. The van der Waals surface area contributed by atoms with Crippen LogP contribution in [-0.4, -0.2) is 6.04 Å². The highest BCUT2D eigenvalue weighted by atomic mass is 16.3. The monoisotopic (exact) mass is 255 g/mol. The summed E-state index contributed by atoms with van der Waals surface area (Å²) >= 11 is 0. The van der Waals surface area contributed by atoms with E-state index in [0.717, 1.165) is 11.7 Å². The van der Waals surface area contributed by atoms with E-state index in [2.05, 4.69) is 48.6 Å². The van der Waals surface area contributed by atoms with Crippen LogP contribution in [0.2, 0.25) is 0 Å². The SMILES string of the molecule is CC(NC(c1ccccc1)c1ccco1)C1CCC1. The molecule has 2 atom stereocenters. The maximum absolute atomic E-state index is 5.62. The maximum atomic E-state index is 5.62. The van der Waals surface area contributed by atoms with E-state index in [-0.39, 0.29) is 6.04 Å². The highest BCUT2D eigenvalue weighted by molar-refractivity contribution is 5.26. The number of rotatable bonds is 5. The molecule has 0 amide bonds. The second-order valence-electron chi connectivity index (χ2n) is 5.51. The minimum Gasteiger partial charge on any atom is -0.467 e. The van der Waals surface area contributed by atoms with Crippen molar-refractivity contribution in [2.75, 3.05) is 0 Å². The summed E-state index contributed by atoms with van der Waals surface area (Å²) in [7, 11) is 0. The van der Waals surface area contributed by atoms with Crippen LogP contribution >= 0.6 is 0 Å². The first-order chi connectivity index (χ1) is 9.34. The molecule has 2 heteroatoms. The highest BCUT2D eigenvalue weighted by Crippen LogP contribution is 2.32. The Morgan fingerprint density at radius 1 is 1.11 bits per heavy atom. The van der Waals surface area contributed by atoms with Crippen LogP contribution in [0.3, 0.4) is 0 Å². The molecule has 1 saturated carbocycles. The fourth-order valence-electron chi connectivity index (χ4n) is 2.78. The topological polar surface area (TPSA) is 25.2 Å². The van der Waals surface area contributed by atoms with E-state index in [1.165, 1.54) is 24.8 Å². The van der Waals surface area contributed by atoms with Gasteiger partial charge in [0.25, 0.3) is 0 Å². The van der Waals surface area contributed by atoms with Crippen LogP contribution in [0.1, 0.15) is 43.6 Å². The quantitative estimate of drug-likeness (QED) is 0.868. The van der Waals surface area contributed by atoms with Gasteiger partial charge in [0.1, 0.15) is 5.76 Å². The summed E-state index contributed by atoms with van der Waals surface area (Å²) in [5.41, 5.74) is 1.27. The predicted octanol–water partition coefficient (Wildman–Crippen LogP) is 4.15. The molecule has 100 valence electrons. The molecule has 1 heterocycles. The fraction of sp³-hybridized carbons (Fsp3) is 0.412. The average Bonchev–Trinajstić information content (AvgIpc) is 2.88. The van der Waals surface area contributed by atoms with Crippen molar-refractivity contribution < 1.29 is 4.42 Å². The molecule has 1 N–H and O–H groups in total. The molecule has 19 heavy (non-hydrogen) atoms. The van der Waals surface area contributed by atoms with Crippen LogP contribution in [0, 0.1) is 5.92 Å². The summed E-state index contributed by atoms with van der Waals surface area (Å²) in [4.78, 5) is 0. The normalized spacial score (nSPS) is 18.8. The number of hydrogen-bond acceptors (Lipinski definition) is 2. The molecule has 2 nitrogen and oxygen atoms in total. The lowest BCUT2D eigenvalue weighted by atomic mass is 9.80. The van der Waals surface area contributed by atoms with Crippen molar-refractivity contribution in [3.8, 4) is 0 Å². The predicted molar refractivity (Wildman–Crippen MR) is 76.9 cm³/mol. The Morgan fingerprint density at radius 2 is 1.89 bits per heavy atom. The standard InChI is InChI=1S/C17H21NO/c1-13(14-9-5-10-14)18-17(16-11-6-12-19-16)15-7-3-2-4-8-15/h2-4,6-8,11-14,17-18H,5,9-10H2,1H3. The molecule has 1 fully saturated rings. The molecule has 2 unspecified atom stereocenters. The maximum Gasteiger partial charge on any atom is 0.125 e. The number of nitrogens with one attached hydrogen (secondary N) is 1. The molecule has 3 rings (SSSR count). The molecule has 1 aliphatic carbocycles. The van der Waals surface area contributed by atoms with Gasteiger partial charge in [-0.05, 0) is 43.4 Å². The average molecular weight is 255 g/mol. The molecule has 1 aliphatic rings. The molecule has 0 aliphatic heterocycles. The molecular weight excluding hydrogens is 234 g/mol. The minimum absolute atomic E-state index is 0.159. The van der Waals surface area contributed by atoms with Crippen molar-refractivity contribution in [1.29, 1.82) is 0 Å². The lowest BCUT2D eigenvalue weighted by molar-refractivity contribution is 0.227. The number of benzene rings is 1. The van der Waals surface area contributed by atoms with Crippen LogP contribution in [0.5, 0.6) is 0 Å². The van der Waals surface area contributed by atoms with E-state index in [4.69, 9.17) is 4.42 Å². The van der Waals surface area contributed by atoms with Crippen LogP contribution in [-0.2, 0) is 0 Å². The Balaban J connectivity index is 1.80. The van der Waals surface area contributed by atoms with Gasteiger partial charge in [-0.15, -0.1) is 0 Å². The molecule has 1 aromatic heterocycles. The summed E-state index contributed by atoms with van der Waals surface area (Å²) in [6.45, 7) is 2.29. The van der Waals surface area contributed by atoms with Crippen molar-refractivity contribution in [1.82, 2.24) is 5.32 Å². The number of furan rings is 1. The van der Waals surface area contributed by atoms with Gasteiger partial charge in [0.2, 0.25) is 0 Å². The first-order valence-corrected chi connectivity index (χ1v) is 7.19. The van der Waals surface area contributed by atoms with E-state index in [1.54, 1.807) is 6.26 Å². The second-order valence-corrected chi connectivity index (χ2v) is 5.51. The lowest BCUT2D eigenvalue weighted by Crippen LogP contribution is -2.39. The fourth-order valence-corrected chi connectivity index (χ4v) is 2.78. The Kier molecular flexibility index (Phi) is 3.69. The Bertz CT molecular complexity index is 487. The smallest absolute Gasteiger partial charge is 0.125 e. The van der Waals surface area contributed by atoms with Crippen LogP contribution < -0.4 is 5.32 Å². The van der Waals surface area contributed by atoms with Crippen LogP contribution in [0.15, 0.2) is 53.1 Å². The van der Waals surface area contributed by atoms with E-state index >= 15 is 0 Å². The van der Waals surface area contributed by atoms with Crippen molar-refractivity contribution >= 4 is 0 Å². The first kappa shape index (κ1) is 12.5. The summed E-state index contributed by atoms with van der Waals surface area (Å²) in [5.74, 6) is 1.82. The Labute approximate surface area is 114 Å². The summed E-state index contributed by atoms with van der Waals surface area (Å²) in [5, 5.41) is 3.74. The van der Waals surface area contributed by atoms with Gasteiger partial charge >= 0.3 is 0 Å². The van der Waals surface area contributed by atoms with Gasteiger partial charge in [-0.1, -0.05) is 36.8 Å². The Hall–Kier alpha value is -1.54. The zero-order valence-corrected chi connectivity index (χ0v) is 11.4. The van der Waals surface area contributed by atoms with Crippen LogP contribution in [0.25, 0.3) is 0 Å². The molecule has 0 saturated heterocycles. The third kappa shape index (κ3) is 2.74. The third-order valence-corrected chi connectivity index (χ3v) is 4.25. The lowest BCUT2D eigenvalue weighted by Gasteiger charge is -2.34. The molecule has 2 aromatic rings. The summed E-state index contributed by atoms with van der Waals surface area (Å²) in [6.07, 6.45) is 5.84. The highest BCUT2D eigenvalue weighted by Gasteiger charge is 2.27. The van der Waals surface area contributed by atoms with Gasteiger partial charge in [-0.25, -0.2) is 0 Å². The summed E-state index contributed by atoms with van der Waals surface area (Å²) < 4.78 is 5.62. The summed E-state index contributed by atoms with van der Waals surface area (Å²) in [6, 6.07) is 15.2. The van der Waals surface area contributed by atoms with Gasteiger partial charge in [0.15, 0.2) is 0 Å². The second kappa shape index (κ2) is 5.62. The van der Waals surface area contributed by atoms with Crippen molar-refractivity contribution in [2.24, 2.45) is 5.92 Å². The zero-order chi connectivity index (χ0) is 13.1. The van der Waals surface area contributed by atoms with Crippen molar-refractivity contribution in [3.63, 3.8) is 0 Å². The molecule has 0 radical (unpaired) electrons. The van der Waals surface area contributed by atoms with E-state index in [0.29, 0.717) is 6.04 Å². The van der Waals surface area contributed by atoms with Gasteiger partial charge < -0.3 is 9.73 Å². The van der Waals surface area contributed by atoms with Gasteiger partial charge in [0.05, 0.1) is 12.3 Å². The molecule has 0 spiro atoms. The van der Waals surface area contributed by atoms with Gasteiger partial charge in [0, 0.05) is 6.04 Å². The Morgan fingerprint density at radius 3 is 2.47 bits per heavy atom. The van der Waals surface area contributed by atoms with E-state index in [9.17, 15) is 0 Å². The van der Waals surface area contributed by atoms with E-state index in [1.807, 2.05) is 6.07 Å². The van der Waals surface area contributed by atoms with Crippen molar-refractivity contribution in [2.45, 2.75) is 38.3 Å².